The monoisotopic (exact) mass is 296 g/mol. The van der Waals surface area contributed by atoms with Crippen LogP contribution < -0.4 is 5.32 Å². The lowest BCUT2D eigenvalue weighted by molar-refractivity contribution is -0.122. The quantitative estimate of drug-likeness (QED) is 0.942. The maximum absolute atomic E-state index is 11.8. The number of hydrogen-bond donors (Lipinski definition) is 1. The van der Waals surface area contributed by atoms with Gasteiger partial charge in [0.05, 0.1) is 6.04 Å². The van der Waals surface area contributed by atoms with E-state index in [-0.39, 0.29) is 11.9 Å². The standard InChI is InChI=1S/C17H20N4O/c1-2-5-16(22)20-14-7-3-8-15-13(14)11-19-17(21-15)12-6-4-9-18-10-12/h4,6,9-11,14H,2-3,5,7-8H2,1H3,(H,20,22). The number of hydrogen-bond acceptors (Lipinski definition) is 4. The van der Waals surface area contributed by atoms with Crippen molar-refractivity contribution in [1.82, 2.24) is 20.3 Å². The Morgan fingerprint density at radius 2 is 2.32 bits per heavy atom. The van der Waals surface area contributed by atoms with Gasteiger partial charge in [0.25, 0.3) is 0 Å². The Bertz CT molecular complexity index is 657. The molecular formula is C17H20N4O. The molecule has 2 aromatic heterocycles. The van der Waals surface area contributed by atoms with Crippen LogP contribution in [0.15, 0.2) is 30.7 Å². The molecule has 0 saturated heterocycles. The van der Waals surface area contributed by atoms with E-state index in [1.165, 1.54) is 0 Å². The molecule has 1 aliphatic carbocycles. The van der Waals surface area contributed by atoms with Gasteiger partial charge >= 0.3 is 0 Å². The Balaban J connectivity index is 1.85. The molecule has 0 fully saturated rings. The van der Waals surface area contributed by atoms with E-state index in [1.807, 2.05) is 25.3 Å². The average Bonchev–Trinajstić information content (AvgIpc) is 2.56. The molecule has 0 aliphatic heterocycles. The van der Waals surface area contributed by atoms with E-state index < -0.39 is 0 Å². The highest BCUT2D eigenvalue weighted by Crippen LogP contribution is 2.29. The minimum Gasteiger partial charge on any atom is -0.349 e. The minimum atomic E-state index is 0.0470. The fourth-order valence-corrected chi connectivity index (χ4v) is 2.82. The van der Waals surface area contributed by atoms with Crippen molar-refractivity contribution in [3.05, 3.63) is 42.0 Å². The second-order valence-corrected chi connectivity index (χ2v) is 5.60. The van der Waals surface area contributed by atoms with Crippen LogP contribution in [0.5, 0.6) is 0 Å². The molecule has 0 saturated carbocycles. The topological polar surface area (TPSA) is 67.8 Å². The predicted octanol–water partition coefficient (Wildman–Crippen LogP) is 2.83. The zero-order valence-corrected chi connectivity index (χ0v) is 12.7. The zero-order chi connectivity index (χ0) is 15.4. The molecule has 1 aliphatic rings. The third-order valence-electron chi connectivity index (χ3n) is 3.91. The van der Waals surface area contributed by atoms with Gasteiger partial charge in [0, 0.05) is 41.8 Å². The SMILES string of the molecule is CCCC(=O)NC1CCCc2nc(-c3cccnc3)ncc21. The van der Waals surface area contributed by atoms with E-state index in [0.717, 1.165) is 42.5 Å². The summed E-state index contributed by atoms with van der Waals surface area (Å²) < 4.78 is 0. The first-order valence-corrected chi connectivity index (χ1v) is 7.83. The van der Waals surface area contributed by atoms with E-state index in [0.29, 0.717) is 12.2 Å². The maximum Gasteiger partial charge on any atom is 0.220 e. The Morgan fingerprint density at radius 3 is 3.09 bits per heavy atom. The normalized spacial score (nSPS) is 16.9. The van der Waals surface area contributed by atoms with E-state index in [4.69, 9.17) is 0 Å². The van der Waals surface area contributed by atoms with Gasteiger partial charge in [0.15, 0.2) is 5.82 Å². The van der Waals surface area contributed by atoms with Crippen molar-refractivity contribution < 1.29 is 4.79 Å². The van der Waals surface area contributed by atoms with E-state index in [1.54, 1.807) is 12.4 Å². The molecule has 5 heteroatoms. The summed E-state index contributed by atoms with van der Waals surface area (Å²) >= 11 is 0. The number of nitrogens with one attached hydrogen (secondary N) is 1. The first-order chi connectivity index (χ1) is 10.8. The number of pyridine rings is 1. The number of nitrogens with zero attached hydrogens (tertiary/aromatic N) is 3. The molecule has 1 amide bonds. The number of carbonyl (C=O) groups is 1. The van der Waals surface area contributed by atoms with Crippen LogP contribution in [0.3, 0.4) is 0 Å². The largest absolute Gasteiger partial charge is 0.349 e. The Morgan fingerprint density at radius 1 is 1.41 bits per heavy atom. The number of amides is 1. The number of aryl methyl sites for hydroxylation is 1. The van der Waals surface area contributed by atoms with Crippen molar-refractivity contribution in [3.8, 4) is 11.4 Å². The van der Waals surface area contributed by atoms with Crippen LogP contribution in [0, 0.1) is 0 Å². The van der Waals surface area contributed by atoms with Gasteiger partial charge in [-0.05, 0) is 37.8 Å². The molecule has 5 nitrogen and oxygen atoms in total. The molecular weight excluding hydrogens is 276 g/mol. The summed E-state index contributed by atoms with van der Waals surface area (Å²) in [6.45, 7) is 2.01. The van der Waals surface area contributed by atoms with Crippen LogP contribution in [-0.2, 0) is 11.2 Å². The van der Waals surface area contributed by atoms with Crippen molar-refractivity contribution in [2.75, 3.05) is 0 Å². The summed E-state index contributed by atoms with van der Waals surface area (Å²) in [6.07, 6.45) is 9.73. The van der Waals surface area contributed by atoms with Crippen LogP contribution in [-0.4, -0.2) is 20.9 Å². The molecule has 0 radical (unpaired) electrons. The first-order valence-electron chi connectivity index (χ1n) is 7.83. The van der Waals surface area contributed by atoms with Crippen LogP contribution in [0.2, 0.25) is 0 Å². The van der Waals surface area contributed by atoms with Gasteiger partial charge in [-0.1, -0.05) is 6.92 Å². The summed E-state index contributed by atoms with van der Waals surface area (Å²) in [6, 6.07) is 3.88. The van der Waals surface area contributed by atoms with Crippen molar-refractivity contribution in [1.29, 1.82) is 0 Å². The molecule has 114 valence electrons. The van der Waals surface area contributed by atoms with Crippen molar-refractivity contribution in [2.24, 2.45) is 0 Å². The fourth-order valence-electron chi connectivity index (χ4n) is 2.82. The van der Waals surface area contributed by atoms with Gasteiger partial charge in [-0.3, -0.25) is 9.78 Å². The molecule has 2 aromatic rings. The number of fused-ring (bicyclic) bond motifs is 1. The first kappa shape index (κ1) is 14.6. The number of aromatic nitrogens is 3. The highest BCUT2D eigenvalue weighted by Gasteiger charge is 2.23. The summed E-state index contributed by atoms with van der Waals surface area (Å²) in [5, 5.41) is 3.10. The van der Waals surface area contributed by atoms with Crippen molar-refractivity contribution >= 4 is 5.91 Å². The molecule has 3 rings (SSSR count). The number of carbonyl (C=O) groups excluding carboxylic acids is 1. The van der Waals surface area contributed by atoms with Crippen molar-refractivity contribution in [2.45, 2.75) is 45.1 Å². The van der Waals surface area contributed by atoms with Gasteiger partial charge in [-0.2, -0.15) is 0 Å². The molecule has 22 heavy (non-hydrogen) atoms. The minimum absolute atomic E-state index is 0.0470. The van der Waals surface area contributed by atoms with E-state index in [9.17, 15) is 4.79 Å². The van der Waals surface area contributed by atoms with Gasteiger partial charge in [0.1, 0.15) is 0 Å². The van der Waals surface area contributed by atoms with Crippen LogP contribution in [0.25, 0.3) is 11.4 Å². The summed E-state index contributed by atoms with van der Waals surface area (Å²) in [5.74, 6) is 0.809. The zero-order valence-electron chi connectivity index (χ0n) is 12.7. The van der Waals surface area contributed by atoms with Crippen LogP contribution in [0.4, 0.5) is 0 Å². The molecule has 1 unspecified atom stereocenters. The fraction of sp³-hybridized carbons (Fsp3) is 0.412. The highest BCUT2D eigenvalue weighted by molar-refractivity contribution is 5.76. The molecule has 1 atom stereocenters. The van der Waals surface area contributed by atoms with Crippen molar-refractivity contribution in [3.63, 3.8) is 0 Å². The molecule has 0 spiro atoms. The van der Waals surface area contributed by atoms with Gasteiger partial charge in [-0.15, -0.1) is 0 Å². The van der Waals surface area contributed by atoms with Crippen LogP contribution in [0.1, 0.15) is 49.9 Å². The predicted molar refractivity (Wildman–Crippen MR) is 84.0 cm³/mol. The second-order valence-electron chi connectivity index (χ2n) is 5.60. The number of rotatable bonds is 4. The molecule has 0 aromatic carbocycles. The third-order valence-corrected chi connectivity index (χ3v) is 3.91. The van der Waals surface area contributed by atoms with E-state index >= 15 is 0 Å². The van der Waals surface area contributed by atoms with E-state index in [2.05, 4.69) is 20.3 Å². The Labute approximate surface area is 130 Å². The summed E-state index contributed by atoms with van der Waals surface area (Å²) in [5.41, 5.74) is 3.02. The molecule has 1 N–H and O–H groups in total. The van der Waals surface area contributed by atoms with Gasteiger partial charge in [0.2, 0.25) is 5.91 Å². The van der Waals surface area contributed by atoms with Gasteiger partial charge < -0.3 is 5.32 Å². The lowest BCUT2D eigenvalue weighted by atomic mass is 9.92. The Kier molecular flexibility index (Phi) is 4.42. The molecule has 0 bridgehead atoms. The smallest absolute Gasteiger partial charge is 0.220 e. The third kappa shape index (κ3) is 3.13. The second kappa shape index (κ2) is 6.64. The Hall–Kier alpha value is -2.30. The lowest BCUT2D eigenvalue weighted by Crippen LogP contribution is -2.31. The lowest BCUT2D eigenvalue weighted by Gasteiger charge is -2.25. The summed E-state index contributed by atoms with van der Waals surface area (Å²) in [4.78, 5) is 25.1. The maximum atomic E-state index is 11.8. The summed E-state index contributed by atoms with van der Waals surface area (Å²) in [7, 11) is 0. The highest BCUT2D eigenvalue weighted by atomic mass is 16.1. The average molecular weight is 296 g/mol. The molecule has 2 heterocycles. The van der Waals surface area contributed by atoms with Crippen LogP contribution >= 0.6 is 0 Å². The van der Waals surface area contributed by atoms with Gasteiger partial charge in [-0.25, -0.2) is 9.97 Å².